The van der Waals surface area contributed by atoms with Gasteiger partial charge in [0.15, 0.2) is 6.61 Å². The Morgan fingerprint density at radius 2 is 1.82 bits per heavy atom. The number of benzene rings is 2. The van der Waals surface area contributed by atoms with Gasteiger partial charge in [0.25, 0.3) is 5.91 Å². The van der Waals surface area contributed by atoms with E-state index < -0.39 is 6.09 Å². The van der Waals surface area contributed by atoms with Crippen molar-refractivity contribution >= 4 is 40.9 Å². The molecule has 2 aromatic carbocycles. The molecule has 0 bridgehead atoms. The first-order valence-electron chi connectivity index (χ1n) is 9.33. The van der Waals surface area contributed by atoms with Gasteiger partial charge in [-0.2, -0.15) is 0 Å². The molecule has 1 unspecified atom stereocenters. The lowest BCUT2D eigenvalue weighted by Crippen LogP contribution is -2.37. The van der Waals surface area contributed by atoms with Gasteiger partial charge in [0, 0.05) is 35.1 Å². The number of cyclic esters (lactones) is 1. The SMILES string of the molecule is O=C1COC(=O)N1c1ccccc1C1CN(C2CC2)Cc2c(Cl)cc(Cl)cc21. The Morgan fingerprint density at radius 3 is 2.54 bits per heavy atom. The van der Waals surface area contributed by atoms with E-state index in [4.69, 9.17) is 27.9 Å². The van der Waals surface area contributed by atoms with Gasteiger partial charge in [0.05, 0.1) is 5.69 Å². The second-order valence-electron chi connectivity index (χ2n) is 7.51. The van der Waals surface area contributed by atoms with Gasteiger partial charge in [-0.3, -0.25) is 9.69 Å². The van der Waals surface area contributed by atoms with E-state index in [2.05, 4.69) is 4.90 Å². The largest absolute Gasteiger partial charge is 0.439 e. The number of fused-ring (bicyclic) bond motifs is 1. The van der Waals surface area contributed by atoms with Crippen molar-refractivity contribution < 1.29 is 14.3 Å². The average molecular weight is 417 g/mol. The van der Waals surface area contributed by atoms with Crippen LogP contribution in [0, 0.1) is 0 Å². The number of halogens is 2. The lowest BCUT2D eigenvalue weighted by molar-refractivity contribution is -0.117. The van der Waals surface area contributed by atoms with Gasteiger partial charge in [-0.1, -0.05) is 41.4 Å². The van der Waals surface area contributed by atoms with E-state index in [9.17, 15) is 9.59 Å². The first-order chi connectivity index (χ1) is 13.5. The number of para-hydroxylation sites is 1. The van der Waals surface area contributed by atoms with Crippen LogP contribution in [0.25, 0.3) is 0 Å². The predicted octanol–water partition coefficient (Wildman–Crippen LogP) is 4.59. The molecule has 2 fully saturated rings. The fourth-order valence-electron chi connectivity index (χ4n) is 4.26. The molecule has 5 nitrogen and oxygen atoms in total. The first-order valence-corrected chi connectivity index (χ1v) is 10.1. The summed E-state index contributed by atoms with van der Waals surface area (Å²) in [5.74, 6) is -0.394. The standard InChI is InChI=1S/C21H18Cl2N2O3/c22-12-7-15-16(9-24(13-5-6-13)10-17(15)18(23)8-12)14-3-1-2-4-19(14)25-20(26)11-28-21(25)27/h1-4,7-8,13,16H,5-6,9-11H2. The predicted molar refractivity (Wildman–Crippen MR) is 107 cm³/mol. The maximum absolute atomic E-state index is 12.3. The van der Waals surface area contributed by atoms with Crippen molar-refractivity contribution in [2.45, 2.75) is 31.3 Å². The number of amides is 2. The molecule has 0 radical (unpaired) electrons. The van der Waals surface area contributed by atoms with Crippen LogP contribution in [0.1, 0.15) is 35.4 Å². The lowest BCUT2D eigenvalue weighted by Gasteiger charge is -2.37. The van der Waals surface area contributed by atoms with Crippen molar-refractivity contribution in [2.75, 3.05) is 18.1 Å². The maximum Gasteiger partial charge on any atom is 0.421 e. The minimum Gasteiger partial charge on any atom is -0.439 e. The Labute approximate surface area is 172 Å². The first kappa shape index (κ1) is 18.0. The van der Waals surface area contributed by atoms with Crippen LogP contribution in [0.4, 0.5) is 10.5 Å². The number of hydrogen-bond donors (Lipinski definition) is 0. The fraction of sp³-hybridized carbons (Fsp3) is 0.333. The normalized spacial score (nSPS) is 22.4. The van der Waals surface area contributed by atoms with Gasteiger partial charge >= 0.3 is 6.09 Å². The minimum atomic E-state index is -0.628. The number of carbonyl (C=O) groups excluding carboxylic acids is 2. The number of imide groups is 1. The van der Waals surface area contributed by atoms with Crippen LogP contribution in [0.15, 0.2) is 36.4 Å². The highest BCUT2D eigenvalue weighted by molar-refractivity contribution is 6.35. The maximum atomic E-state index is 12.3. The summed E-state index contributed by atoms with van der Waals surface area (Å²) in [5, 5.41) is 1.25. The van der Waals surface area contributed by atoms with Crippen LogP contribution in [0.2, 0.25) is 10.0 Å². The van der Waals surface area contributed by atoms with E-state index in [-0.39, 0.29) is 18.4 Å². The summed E-state index contributed by atoms with van der Waals surface area (Å²) in [6.07, 6.45) is 1.74. The van der Waals surface area contributed by atoms with Gasteiger partial charge in [0.2, 0.25) is 0 Å². The van der Waals surface area contributed by atoms with Crippen molar-refractivity contribution in [2.24, 2.45) is 0 Å². The summed E-state index contributed by atoms with van der Waals surface area (Å²) < 4.78 is 4.94. The van der Waals surface area contributed by atoms with Crippen molar-refractivity contribution in [1.29, 1.82) is 0 Å². The second kappa shape index (κ2) is 6.76. The molecule has 0 aromatic heterocycles. The number of ether oxygens (including phenoxy) is 1. The highest BCUT2D eigenvalue weighted by Crippen LogP contribution is 2.44. The smallest absolute Gasteiger partial charge is 0.421 e. The zero-order valence-corrected chi connectivity index (χ0v) is 16.5. The summed E-state index contributed by atoms with van der Waals surface area (Å²) in [6.45, 7) is 1.36. The Bertz CT molecular complexity index is 974. The molecule has 0 spiro atoms. The molecule has 1 aliphatic carbocycles. The molecule has 144 valence electrons. The van der Waals surface area contributed by atoms with Gasteiger partial charge in [-0.25, -0.2) is 9.69 Å². The third kappa shape index (κ3) is 2.98. The summed E-state index contributed by atoms with van der Waals surface area (Å²) >= 11 is 12.9. The van der Waals surface area contributed by atoms with E-state index in [1.54, 1.807) is 12.1 Å². The molecule has 1 saturated carbocycles. The van der Waals surface area contributed by atoms with Crippen molar-refractivity contribution in [3.63, 3.8) is 0 Å². The van der Waals surface area contributed by atoms with Crippen LogP contribution in [0.5, 0.6) is 0 Å². The monoisotopic (exact) mass is 416 g/mol. The van der Waals surface area contributed by atoms with Crippen LogP contribution in [-0.2, 0) is 16.1 Å². The molecule has 7 heteroatoms. The Morgan fingerprint density at radius 1 is 1.04 bits per heavy atom. The van der Waals surface area contributed by atoms with Crippen LogP contribution in [-0.4, -0.2) is 36.1 Å². The van der Waals surface area contributed by atoms with E-state index in [1.165, 1.54) is 12.8 Å². The number of hydrogen-bond acceptors (Lipinski definition) is 4. The third-order valence-electron chi connectivity index (χ3n) is 5.72. The molecule has 2 aliphatic heterocycles. The molecule has 0 N–H and O–H groups in total. The zero-order chi connectivity index (χ0) is 19.4. The molecule has 2 amide bonds. The van der Waals surface area contributed by atoms with E-state index >= 15 is 0 Å². The van der Waals surface area contributed by atoms with Crippen LogP contribution in [0.3, 0.4) is 0 Å². The third-order valence-corrected chi connectivity index (χ3v) is 6.27. The highest BCUT2D eigenvalue weighted by Gasteiger charge is 2.39. The fourth-order valence-corrected chi connectivity index (χ4v) is 4.83. The molecule has 1 atom stereocenters. The average Bonchev–Trinajstić information content (AvgIpc) is 3.47. The Kier molecular flexibility index (Phi) is 4.34. The van der Waals surface area contributed by atoms with E-state index in [1.807, 2.05) is 24.3 Å². The molecule has 3 aliphatic rings. The van der Waals surface area contributed by atoms with Gasteiger partial charge in [-0.15, -0.1) is 0 Å². The Hall–Kier alpha value is -2.08. The summed E-state index contributed by atoms with van der Waals surface area (Å²) in [4.78, 5) is 28.0. The summed E-state index contributed by atoms with van der Waals surface area (Å²) in [6, 6.07) is 11.8. The van der Waals surface area contributed by atoms with Gasteiger partial charge in [0.1, 0.15) is 0 Å². The Balaban J connectivity index is 1.65. The number of rotatable bonds is 3. The number of nitrogens with zero attached hydrogens (tertiary/aromatic N) is 2. The lowest BCUT2D eigenvalue weighted by atomic mass is 9.83. The molecule has 1 saturated heterocycles. The van der Waals surface area contributed by atoms with Crippen molar-refractivity contribution in [1.82, 2.24) is 4.90 Å². The van der Waals surface area contributed by atoms with Crippen molar-refractivity contribution in [3.05, 3.63) is 63.1 Å². The van der Waals surface area contributed by atoms with Gasteiger partial charge in [-0.05, 0) is 47.7 Å². The molecule has 5 rings (SSSR count). The van der Waals surface area contributed by atoms with Crippen LogP contribution >= 0.6 is 23.2 Å². The number of anilines is 1. The number of carbonyl (C=O) groups is 2. The molecular weight excluding hydrogens is 399 g/mol. The van der Waals surface area contributed by atoms with E-state index in [0.29, 0.717) is 21.8 Å². The summed E-state index contributed by atoms with van der Waals surface area (Å²) in [7, 11) is 0. The van der Waals surface area contributed by atoms with Crippen molar-refractivity contribution in [3.8, 4) is 0 Å². The topological polar surface area (TPSA) is 49.9 Å². The molecule has 28 heavy (non-hydrogen) atoms. The molecule has 2 aromatic rings. The minimum absolute atomic E-state index is 0.0436. The van der Waals surface area contributed by atoms with Gasteiger partial charge < -0.3 is 4.74 Å². The van der Waals surface area contributed by atoms with E-state index in [0.717, 1.165) is 34.7 Å². The highest BCUT2D eigenvalue weighted by atomic mass is 35.5. The summed E-state index contributed by atoms with van der Waals surface area (Å²) in [5.41, 5.74) is 3.60. The molecule has 2 heterocycles. The van der Waals surface area contributed by atoms with Crippen LogP contribution < -0.4 is 4.90 Å². The molecular formula is C21H18Cl2N2O3. The zero-order valence-electron chi connectivity index (χ0n) is 15.0. The quantitative estimate of drug-likeness (QED) is 0.734. The second-order valence-corrected chi connectivity index (χ2v) is 8.35.